The van der Waals surface area contributed by atoms with Crippen molar-refractivity contribution in [2.75, 3.05) is 26.2 Å². The number of aromatic nitrogens is 4. The lowest BCUT2D eigenvalue weighted by molar-refractivity contribution is -0.132. The number of carbonyl (C=O) groups is 1. The van der Waals surface area contributed by atoms with Gasteiger partial charge in [-0.2, -0.15) is 0 Å². The molecule has 1 aliphatic heterocycles. The number of hydrogen-bond donors (Lipinski definition) is 0. The summed E-state index contributed by atoms with van der Waals surface area (Å²) in [5.41, 5.74) is 3.06. The molecule has 3 aromatic heterocycles. The number of aryl methyl sites for hydroxylation is 2. The molecule has 4 heterocycles. The zero-order valence-electron chi connectivity index (χ0n) is 17.6. The Morgan fingerprint density at radius 1 is 1.10 bits per heavy atom. The van der Waals surface area contributed by atoms with Crippen molar-refractivity contribution in [2.45, 2.75) is 19.9 Å². The monoisotopic (exact) mass is 436 g/mol. The number of piperazine rings is 1. The maximum Gasteiger partial charge on any atom is 0.272 e. The van der Waals surface area contributed by atoms with Crippen molar-refractivity contribution >= 4 is 33.2 Å². The molecule has 1 amide bonds. The van der Waals surface area contributed by atoms with Gasteiger partial charge >= 0.3 is 0 Å². The van der Waals surface area contributed by atoms with Crippen molar-refractivity contribution in [3.63, 3.8) is 0 Å². The fraction of sp³-hybridized carbons (Fsp3) is 0.364. The summed E-state index contributed by atoms with van der Waals surface area (Å²) >= 11 is 1.44. The molecule has 1 fully saturated rings. The average molecular weight is 437 g/mol. The van der Waals surface area contributed by atoms with Crippen LogP contribution in [0.3, 0.4) is 0 Å². The molecule has 1 saturated heterocycles. The van der Waals surface area contributed by atoms with Crippen LogP contribution in [0.1, 0.15) is 17.0 Å². The molecular formula is C22H24N6O2S. The number of carbonyl (C=O) groups excluding carboxylic acids is 1. The van der Waals surface area contributed by atoms with Crippen LogP contribution in [0.5, 0.6) is 0 Å². The Morgan fingerprint density at radius 2 is 1.87 bits per heavy atom. The molecule has 5 rings (SSSR count). The Kier molecular flexibility index (Phi) is 5.07. The summed E-state index contributed by atoms with van der Waals surface area (Å²) in [7, 11) is 1.73. The summed E-state index contributed by atoms with van der Waals surface area (Å²) in [5, 5.41) is 10.6. The molecule has 9 heteroatoms. The van der Waals surface area contributed by atoms with Crippen LogP contribution in [-0.2, 0) is 24.8 Å². The third-order valence-electron chi connectivity index (χ3n) is 6.09. The van der Waals surface area contributed by atoms with E-state index < -0.39 is 0 Å². The van der Waals surface area contributed by atoms with Crippen LogP contribution in [0.25, 0.3) is 16.0 Å². The zero-order chi connectivity index (χ0) is 21.5. The summed E-state index contributed by atoms with van der Waals surface area (Å²) < 4.78 is 4.24. The lowest BCUT2D eigenvalue weighted by atomic mass is 10.1. The third-order valence-corrected chi connectivity index (χ3v) is 6.98. The SMILES string of the molecule is Cc1ccccc1CC(=O)N1CCN(Cc2nnc3n(C)c(=O)c4sccc4n23)CC1. The first-order valence-electron chi connectivity index (χ1n) is 10.4. The quantitative estimate of drug-likeness (QED) is 0.488. The minimum absolute atomic E-state index is 0.0442. The van der Waals surface area contributed by atoms with Crippen molar-refractivity contribution in [3.8, 4) is 0 Å². The average Bonchev–Trinajstić information content (AvgIpc) is 3.41. The normalized spacial score (nSPS) is 15.2. The van der Waals surface area contributed by atoms with E-state index in [1.165, 1.54) is 11.3 Å². The largest absolute Gasteiger partial charge is 0.340 e. The molecule has 0 bridgehead atoms. The number of benzene rings is 1. The second-order valence-corrected chi connectivity index (χ2v) is 8.93. The summed E-state index contributed by atoms with van der Waals surface area (Å²) in [6.07, 6.45) is 0.450. The summed E-state index contributed by atoms with van der Waals surface area (Å²) in [6, 6.07) is 10.0. The number of hydrogen-bond acceptors (Lipinski definition) is 6. The first-order valence-corrected chi connectivity index (χ1v) is 11.3. The molecular weight excluding hydrogens is 412 g/mol. The topological polar surface area (TPSA) is 75.7 Å². The van der Waals surface area contributed by atoms with Crippen LogP contribution < -0.4 is 5.56 Å². The molecule has 1 aromatic carbocycles. The van der Waals surface area contributed by atoms with Crippen LogP contribution in [0.4, 0.5) is 0 Å². The molecule has 0 saturated carbocycles. The lowest BCUT2D eigenvalue weighted by Gasteiger charge is -2.34. The molecule has 31 heavy (non-hydrogen) atoms. The maximum atomic E-state index is 12.8. The summed E-state index contributed by atoms with van der Waals surface area (Å²) in [4.78, 5) is 29.5. The molecule has 0 aliphatic carbocycles. The van der Waals surface area contributed by atoms with E-state index in [4.69, 9.17) is 0 Å². The minimum atomic E-state index is -0.0442. The van der Waals surface area contributed by atoms with Crippen molar-refractivity contribution in [2.24, 2.45) is 7.05 Å². The van der Waals surface area contributed by atoms with E-state index in [2.05, 4.69) is 15.1 Å². The van der Waals surface area contributed by atoms with Crippen LogP contribution in [0, 0.1) is 6.92 Å². The molecule has 8 nitrogen and oxygen atoms in total. The van der Waals surface area contributed by atoms with E-state index in [0.717, 1.165) is 35.6 Å². The number of nitrogens with zero attached hydrogens (tertiary/aromatic N) is 6. The summed E-state index contributed by atoms with van der Waals surface area (Å²) in [6.45, 7) is 5.65. The van der Waals surface area contributed by atoms with Gasteiger partial charge in [-0.3, -0.25) is 23.5 Å². The second-order valence-electron chi connectivity index (χ2n) is 8.01. The van der Waals surface area contributed by atoms with Gasteiger partial charge in [0, 0.05) is 33.2 Å². The highest BCUT2D eigenvalue weighted by molar-refractivity contribution is 7.17. The number of amides is 1. The summed E-state index contributed by atoms with van der Waals surface area (Å²) in [5.74, 6) is 1.54. The Hall–Kier alpha value is -3.04. The van der Waals surface area contributed by atoms with Gasteiger partial charge in [-0.25, -0.2) is 0 Å². The van der Waals surface area contributed by atoms with Crippen molar-refractivity contribution < 1.29 is 4.79 Å². The van der Waals surface area contributed by atoms with Gasteiger partial charge in [0.15, 0.2) is 5.82 Å². The molecule has 0 spiro atoms. The van der Waals surface area contributed by atoms with E-state index in [-0.39, 0.29) is 11.5 Å². The van der Waals surface area contributed by atoms with E-state index in [1.54, 1.807) is 11.6 Å². The van der Waals surface area contributed by atoms with Gasteiger partial charge in [0.2, 0.25) is 11.7 Å². The van der Waals surface area contributed by atoms with Gasteiger partial charge < -0.3 is 4.90 Å². The van der Waals surface area contributed by atoms with E-state index in [9.17, 15) is 9.59 Å². The number of rotatable bonds is 4. The highest BCUT2D eigenvalue weighted by Crippen LogP contribution is 2.20. The molecule has 0 radical (unpaired) electrons. The van der Waals surface area contributed by atoms with Gasteiger partial charge in [0.1, 0.15) is 4.70 Å². The second kappa shape index (κ2) is 7.90. The Labute approximate surface area is 183 Å². The van der Waals surface area contributed by atoms with Crippen LogP contribution in [-0.4, -0.2) is 61.1 Å². The van der Waals surface area contributed by atoms with Gasteiger partial charge in [-0.05, 0) is 29.5 Å². The lowest BCUT2D eigenvalue weighted by Crippen LogP contribution is -2.48. The van der Waals surface area contributed by atoms with E-state index in [0.29, 0.717) is 36.5 Å². The number of fused-ring (bicyclic) bond motifs is 3. The Morgan fingerprint density at radius 3 is 2.65 bits per heavy atom. The van der Waals surface area contributed by atoms with Gasteiger partial charge in [-0.1, -0.05) is 24.3 Å². The molecule has 0 atom stereocenters. The maximum absolute atomic E-state index is 12.8. The highest BCUT2D eigenvalue weighted by Gasteiger charge is 2.24. The highest BCUT2D eigenvalue weighted by atomic mass is 32.1. The predicted octanol–water partition coefficient (Wildman–Crippen LogP) is 1.84. The van der Waals surface area contributed by atoms with Crippen molar-refractivity contribution in [1.82, 2.24) is 29.0 Å². The predicted molar refractivity (Wildman–Crippen MR) is 120 cm³/mol. The van der Waals surface area contributed by atoms with Gasteiger partial charge in [-0.15, -0.1) is 21.5 Å². The molecule has 0 N–H and O–H groups in total. The number of thiophene rings is 1. The molecule has 0 unspecified atom stereocenters. The fourth-order valence-corrected chi connectivity index (χ4v) is 5.04. The molecule has 1 aliphatic rings. The van der Waals surface area contributed by atoms with Crippen LogP contribution >= 0.6 is 11.3 Å². The standard InChI is InChI=1S/C22H24N6O2S/c1-15-5-3-4-6-16(15)13-19(29)27-10-8-26(9-11-27)14-18-23-24-22-25(2)21(30)20-17(28(18)22)7-12-31-20/h3-7,12H,8-11,13-14H2,1-2H3. The van der Waals surface area contributed by atoms with Crippen LogP contribution in [0.2, 0.25) is 0 Å². The van der Waals surface area contributed by atoms with Gasteiger partial charge in [0.25, 0.3) is 5.56 Å². The fourth-order valence-electron chi connectivity index (χ4n) is 4.19. The third kappa shape index (κ3) is 3.53. The van der Waals surface area contributed by atoms with Crippen molar-refractivity contribution in [3.05, 3.63) is 63.0 Å². The minimum Gasteiger partial charge on any atom is -0.340 e. The van der Waals surface area contributed by atoms with E-state index in [1.807, 2.05) is 51.9 Å². The Bertz CT molecular complexity index is 1330. The van der Waals surface area contributed by atoms with Gasteiger partial charge in [0.05, 0.1) is 18.5 Å². The Balaban J connectivity index is 1.29. The smallest absolute Gasteiger partial charge is 0.272 e. The van der Waals surface area contributed by atoms with Crippen LogP contribution in [0.15, 0.2) is 40.5 Å². The van der Waals surface area contributed by atoms with Crippen molar-refractivity contribution in [1.29, 1.82) is 0 Å². The molecule has 160 valence electrons. The first kappa shape index (κ1) is 19.9. The van der Waals surface area contributed by atoms with E-state index >= 15 is 0 Å². The zero-order valence-corrected chi connectivity index (χ0v) is 18.4. The first-order chi connectivity index (χ1) is 15.0. The molecule has 4 aromatic rings.